The zero-order chi connectivity index (χ0) is 22.8. The van der Waals surface area contributed by atoms with Crippen molar-refractivity contribution in [1.82, 2.24) is 15.1 Å². The summed E-state index contributed by atoms with van der Waals surface area (Å²) in [5.74, 6) is 1.27. The predicted octanol–water partition coefficient (Wildman–Crippen LogP) is 4.19. The molecule has 3 N–H and O–H groups in total. The number of hydrogen-bond donors (Lipinski definition) is 3. The second kappa shape index (κ2) is 9.31. The molecule has 1 saturated carbocycles. The molecule has 0 saturated heterocycles. The van der Waals surface area contributed by atoms with E-state index in [1.54, 1.807) is 24.1 Å². The maximum Gasteiger partial charge on any atom is 0.258 e. The van der Waals surface area contributed by atoms with Crippen molar-refractivity contribution >= 4 is 22.6 Å². The first-order valence-corrected chi connectivity index (χ1v) is 11.6. The van der Waals surface area contributed by atoms with E-state index in [0.29, 0.717) is 43.4 Å². The summed E-state index contributed by atoms with van der Waals surface area (Å²) in [6, 6.07) is 9.63. The summed E-state index contributed by atoms with van der Waals surface area (Å²) in [5.41, 5.74) is 3.15. The lowest BCUT2D eigenvalue weighted by Crippen LogP contribution is -2.25. The first-order chi connectivity index (χ1) is 16.1. The van der Waals surface area contributed by atoms with Gasteiger partial charge in [-0.1, -0.05) is 25.3 Å². The summed E-state index contributed by atoms with van der Waals surface area (Å²) in [6.45, 7) is 1.98. The number of aromatic hydroxyl groups is 1. The maximum atomic E-state index is 13.4. The highest BCUT2D eigenvalue weighted by Crippen LogP contribution is 2.33. The standard InChI is InChI=1S/C25H30N4O4/c1-32-9-10-33-19-8-7-16-14-29(15-17(16)11-19)25(31)21-12-20-22(13-23(21)30)27-28-24(20)26-18-5-3-2-4-6-18/h7-8,11-13,18,30H,2-6,9-10,14-15H2,1H3,(H2,26,27,28). The lowest BCUT2D eigenvalue weighted by molar-refractivity contribution is 0.0748. The number of rotatable bonds is 7. The number of phenols is 1. The number of amides is 1. The van der Waals surface area contributed by atoms with Gasteiger partial charge in [0.15, 0.2) is 5.82 Å². The number of aromatic amines is 1. The summed E-state index contributed by atoms with van der Waals surface area (Å²) in [5, 5.41) is 22.3. The van der Waals surface area contributed by atoms with Crippen molar-refractivity contribution in [3.63, 3.8) is 0 Å². The largest absolute Gasteiger partial charge is 0.507 e. The Labute approximate surface area is 192 Å². The normalized spacial score (nSPS) is 16.2. The van der Waals surface area contributed by atoms with Gasteiger partial charge in [-0.25, -0.2) is 0 Å². The number of anilines is 1. The molecule has 0 atom stereocenters. The smallest absolute Gasteiger partial charge is 0.258 e. The molecule has 2 aliphatic rings. The van der Waals surface area contributed by atoms with E-state index < -0.39 is 0 Å². The minimum absolute atomic E-state index is 0.0417. The van der Waals surface area contributed by atoms with Gasteiger partial charge in [-0.2, -0.15) is 5.10 Å². The number of fused-ring (bicyclic) bond motifs is 2. The number of aromatic nitrogens is 2. The number of nitrogens with one attached hydrogen (secondary N) is 2. The Morgan fingerprint density at radius 1 is 1.15 bits per heavy atom. The predicted molar refractivity (Wildman–Crippen MR) is 126 cm³/mol. The van der Waals surface area contributed by atoms with Crippen LogP contribution in [0.25, 0.3) is 10.9 Å². The molecule has 1 aliphatic heterocycles. The van der Waals surface area contributed by atoms with Gasteiger partial charge in [-0.05, 0) is 42.2 Å². The molecule has 1 amide bonds. The number of H-pyrrole nitrogens is 1. The van der Waals surface area contributed by atoms with Crippen LogP contribution in [-0.4, -0.2) is 52.5 Å². The van der Waals surface area contributed by atoms with Crippen molar-refractivity contribution in [2.45, 2.75) is 51.2 Å². The third-order valence-electron chi connectivity index (χ3n) is 6.60. The van der Waals surface area contributed by atoms with Crippen LogP contribution < -0.4 is 10.1 Å². The molecule has 0 spiro atoms. The van der Waals surface area contributed by atoms with E-state index in [2.05, 4.69) is 15.5 Å². The van der Waals surface area contributed by atoms with E-state index in [1.165, 1.54) is 19.3 Å². The van der Waals surface area contributed by atoms with Gasteiger partial charge in [0, 0.05) is 37.7 Å². The van der Waals surface area contributed by atoms with Gasteiger partial charge in [-0.15, -0.1) is 0 Å². The fraction of sp³-hybridized carbons (Fsp3) is 0.440. The van der Waals surface area contributed by atoms with Gasteiger partial charge >= 0.3 is 0 Å². The Balaban J connectivity index is 1.34. The molecular formula is C25H30N4O4. The molecule has 0 radical (unpaired) electrons. The van der Waals surface area contributed by atoms with Crippen LogP contribution in [0.1, 0.15) is 53.6 Å². The Hall–Kier alpha value is -3.26. The Morgan fingerprint density at radius 2 is 1.97 bits per heavy atom. The molecule has 5 rings (SSSR count). The maximum absolute atomic E-state index is 13.4. The van der Waals surface area contributed by atoms with E-state index in [9.17, 15) is 9.90 Å². The average molecular weight is 451 g/mol. The molecule has 33 heavy (non-hydrogen) atoms. The Kier molecular flexibility index (Phi) is 6.09. The molecule has 0 bridgehead atoms. The lowest BCUT2D eigenvalue weighted by atomic mass is 9.95. The number of methoxy groups -OCH3 is 1. The van der Waals surface area contributed by atoms with Crippen molar-refractivity contribution in [3.05, 3.63) is 47.0 Å². The molecule has 174 valence electrons. The second-order valence-electron chi connectivity index (χ2n) is 8.90. The van der Waals surface area contributed by atoms with Gasteiger partial charge in [0.1, 0.15) is 18.1 Å². The molecule has 1 aliphatic carbocycles. The molecule has 0 unspecified atom stereocenters. The number of phenolic OH excluding ortho intramolecular Hbond substituents is 1. The topological polar surface area (TPSA) is 99.7 Å². The van der Waals surface area contributed by atoms with E-state index >= 15 is 0 Å². The fourth-order valence-electron chi connectivity index (χ4n) is 4.79. The summed E-state index contributed by atoms with van der Waals surface area (Å²) in [7, 11) is 1.64. The van der Waals surface area contributed by atoms with Gasteiger partial charge in [0.05, 0.1) is 17.7 Å². The number of ether oxygens (including phenoxy) is 2. The van der Waals surface area contributed by atoms with Crippen molar-refractivity contribution in [3.8, 4) is 11.5 Å². The molecule has 8 nitrogen and oxygen atoms in total. The number of hydrogen-bond acceptors (Lipinski definition) is 6. The van der Waals surface area contributed by atoms with E-state index in [-0.39, 0.29) is 11.7 Å². The highest BCUT2D eigenvalue weighted by Gasteiger charge is 2.27. The van der Waals surface area contributed by atoms with Gasteiger partial charge in [0.2, 0.25) is 0 Å². The number of carbonyl (C=O) groups is 1. The third kappa shape index (κ3) is 4.48. The Bertz CT molecular complexity index is 1150. The van der Waals surface area contributed by atoms with E-state index in [1.807, 2.05) is 18.2 Å². The minimum Gasteiger partial charge on any atom is -0.507 e. The van der Waals surface area contributed by atoms with Gasteiger partial charge in [-0.3, -0.25) is 9.89 Å². The summed E-state index contributed by atoms with van der Waals surface area (Å²) < 4.78 is 10.7. The highest BCUT2D eigenvalue weighted by atomic mass is 16.5. The van der Waals surface area contributed by atoms with E-state index in [0.717, 1.165) is 40.9 Å². The number of benzene rings is 2. The summed E-state index contributed by atoms with van der Waals surface area (Å²) >= 11 is 0. The molecule has 2 aromatic carbocycles. The average Bonchev–Trinajstić information content (AvgIpc) is 3.42. The van der Waals surface area contributed by atoms with Crippen molar-refractivity contribution in [2.24, 2.45) is 0 Å². The lowest BCUT2D eigenvalue weighted by Gasteiger charge is -2.22. The zero-order valence-corrected chi connectivity index (χ0v) is 18.9. The van der Waals surface area contributed by atoms with E-state index in [4.69, 9.17) is 9.47 Å². The molecule has 1 fully saturated rings. The first kappa shape index (κ1) is 21.6. The fourth-order valence-corrected chi connectivity index (χ4v) is 4.79. The SMILES string of the molecule is COCCOc1ccc2c(c1)CN(C(=O)c1cc3c(NC4CCCCC4)n[nH]c3cc1O)C2. The van der Waals surface area contributed by atoms with Crippen LogP contribution in [-0.2, 0) is 17.8 Å². The summed E-state index contributed by atoms with van der Waals surface area (Å²) in [4.78, 5) is 15.1. The van der Waals surface area contributed by atoms with Crippen molar-refractivity contribution in [1.29, 1.82) is 0 Å². The zero-order valence-electron chi connectivity index (χ0n) is 18.9. The highest BCUT2D eigenvalue weighted by molar-refractivity contribution is 6.03. The molecule has 1 aromatic heterocycles. The molecular weight excluding hydrogens is 420 g/mol. The monoisotopic (exact) mass is 450 g/mol. The van der Waals surface area contributed by atoms with Crippen LogP contribution in [0.15, 0.2) is 30.3 Å². The van der Waals surface area contributed by atoms with Crippen LogP contribution >= 0.6 is 0 Å². The Morgan fingerprint density at radius 3 is 2.79 bits per heavy atom. The minimum atomic E-state index is -0.197. The third-order valence-corrected chi connectivity index (χ3v) is 6.60. The van der Waals surface area contributed by atoms with Crippen LogP contribution in [0.5, 0.6) is 11.5 Å². The van der Waals surface area contributed by atoms with Crippen molar-refractivity contribution < 1.29 is 19.4 Å². The quantitative estimate of drug-likeness (QED) is 0.467. The van der Waals surface area contributed by atoms with Crippen LogP contribution in [0.3, 0.4) is 0 Å². The molecule has 2 heterocycles. The van der Waals surface area contributed by atoms with Gasteiger partial charge < -0.3 is 24.8 Å². The van der Waals surface area contributed by atoms with Gasteiger partial charge in [0.25, 0.3) is 5.91 Å². The van der Waals surface area contributed by atoms with Crippen LogP contribution in [0.4, 0.5) is 5.82 Å². The molecule has 8 heteroatoms. The summed E-state index contributed by atoms with van der Waals surface area (Å²) in [6.07, 6.45) is 5.98. The molecule has 3 aromatic rings. The van der Waals surface area contributed by atoms with Crippen molar-refractivity contribution in [2.75, 3.05) is 25.6 Å². The van der Waals surface area contributed by atoms with Crippen LogP contribution in [0.2, 0.25) is 0 Å². The number of carbonyl (C=O) groups excluding carboxylic acids is 1. The van der Waals surface area contributed by atoms with Crippen LogP contribution in [0, 0.1) is 0 Å². The first-order valence-electron chi connectivity index (χ1n) is 11.6. The number of nitrogens with zero attached hydrogens (tertiary/aromatic N) is 2. The second-order valence-corrected chi connectivity index (χ2v) is 8.90.